The Labute approximate surface area is 133 Å². The zero-order valence-electron chi connectivity index (χ0n) is 12.9. The molecule has 0 saturated carbocycles. The number of aliphatic hydroxyl groups excluding tert-OH is 1. The Balaban J connectivity index is 1.67. The van der Waals surface area contributed by atoms with E-state index < -0.39 is 5.63 Å². The smallest absolute Gasteiger partial charge is 0.336 e. The molecule has 1 amide bonds. The van der Waals surface area contributed by atoms with Crippen molar-refractivity contribution in [2.24, 2.45) is 0 Å². The molecule has 1 aromatic heterocycles. The minimum Gasteiger partial charge on any atom is -0.484 e. The molecular formula is C17H19NO5. The molecule has 0 bridgehead atoms. The molecule has 1 N–H and O–H groups in total. The molecule has 0 unspecified atom stereocenters. The minimum absolute atomic E-state index is 0.0718. The monoisotopic (exact) mass is 317 g/mol. The van der Waals surface area contributed by atoms with Crippen molar-refractivity contribution in [2.75, 3.05) is 19.7 Å². The molecule has 0 radical (unpaired) electrons. The standard InChI is InChI=1S/C17H19NO5/c1-11-8-17(21)23-15-9-13(2-3-14(11)15)22-10-16(20)18-6-4-12(19)5-7-18/h2-3,8-9,12,19H,4-7,10H2,1H3. The van der Waals surface area contributed by atoms with Crippen LogP contribution in [0.4, 0.5) is 0 Å². The van der Waals surface area contributed by atoms with Crippen molar-refractivity contribution in [1.82, 2.24) is 4.90 Å². The summed E-state index contributed by atoms with van der Waals surface area (Å²) in [4.78, 5) is 25.2. The number of carbonyl (C=O) groups excluding carboxylic acids is 1. The van der Waals surface area contributed by atoms with Crippen molar-refractivity contribution >= 4 is 16.9 Å². The number of likely N-dealkylation sites (tertiary alicyclic amines) is 1. The highest BCUT2D eigenvalue weighted by Gasteiger charge is 2.21. The van der Waals surface area contributed by atoms with Gasteiger partial charge in [0.15, 0.2) is 6.61 Å². The van der Waals surface area contributed by atoms with Gasteiger partial charge in [-0.05, 0) is 37.5 Å². The predicted octanol–water partition coefficient (Wildman–Crippen LogP) is 1.46. The SMILES string of the molecule is Cc1cc(=O)oc2cc(OCC(=O)N3CCC(O)CC3)ccc12. The molecule has 0 atom stereocenters. The number of carbonyl (C=O) groups is 1. The highest BCUT2D eigenvalue weighted by atomic mass is 16.5. The normalized spacial score (nSPS) is 15.8. The molecule has 1 aliphatic heterocycles. The maximum absolute atomic E-state index is 12.1. The largest absolute Gasteiger partial charge is 0.484 e. The van der Waals surface area contributed by atoms with Crippen LogP contribution in [0.5, 0.6) is 5.75 Å². The van der Waals surface area contributed by atoms with Crippen LogP contribution < -0.4 is 10.4 Å². The van der Waals surface area contributed by atoms with E-state index in [0.717, 1.165) is 10.9 Å². The molecule has 2 heterocycles. The molecule has 1 aliphatic rings. The summed E-state index contributed by atoms with van der Waals surface area (Å²) in [6.07, 6.45) is 0.893. The van der Waals surface area contributed by atoms with Gasteiger partial charge >= 0.3 is 5.63 Å². The van der Waals surface area contributed by atoms with Crippen LogP contribution in [0.25, 0.3) is 11.0 Å². The summed E-state index contributed by atoms with van der Waals surface area (Å²) in [5, 5.41) is 10.3. The second-order valence-corrected chi connectivity index (χ2v) is 5.81. The van der Waals surface area contributed by atoms with Gasteiger partial charge in [-0.2, -0.15) is 0 Å². The molecule has 1 fully saturated rings. The van der Waals surface area contributed by atoms with Crippen LogP contribution in [0.3, 0.4) is 0 Å². The van der Waals surface area contributed by atoms with Crippen molar-refractivity contribution < 1.29 is 19.1 Å². The Bertz CT molecular complexity index is 774. The first-order valence-corrected chi connectivity index (χ1v) is 7.66. The fraction of sp³-hybridized carbons (Fsp3) is 0.412. The molecule has 6 heteroatoms. The van der Waals surface area contributed by atoms with E-state index in [2.05, 4.69) is 0 Å². The van der Waals surface area contributed by atoms with Crippen LogP contribution in [0.2, 0.25) is 0 Å². The molecule has 122 valence electrons. The summed E-state index contributed by atoms with van der Waals surface area (Å²) >= 11 is 0. The number of hydrogen-bond donors (Lipinski definition) is 1. The third-order valence-electron chi connectivity index (χ3n) is 4.10. The second-order valence-electron chi connectivity index (χ2n) is 5.81. The van der Waals surface area contributed by atoms with E-state index in [4.69, 9.17) is 9.15 Å². The number of fused-ring (bicyclic) bond motifs is 1. The molecular weight excluding hydrogens is 298 g/mol. The van der Waals surface area contributed by atoms with Gasteiger partial charge in [0.25, 0.3) is 5.91 Å². The number of piperidine rings is 1. The predicted molar refractivity (Wildman–Crippen MR) is 84.5 cm³/mol. The quantitative estimate of drug-likeness (QED) is 0.867. The molecule has 23 heavy (non-hydrogen) atoms. The Hall–Kier alpha value is -2.34. The summed E-state index contributed by atoms with van der Waals surface area (Å²) in [5.74, 6) is 0.374. The maximum Gasteiger partial charge on any atom is 0.336 e. The van der Waals surface area contributed by atoms with Crippen LogP contribution in [-0.4, -0.2) is 41.7 Å². The summed E-state index contributed by atoms with van der Waals surface area (Å²) in [5.41, 5.74) is 0.877. The Morgan fingerprint density at radius 2 is 2.09 bits per heavy atom. The number of ether oxygens (including phenoxy) is 1. The first kappa shape index (κ1) is 15.6. The lowest BCUT2D eigenvalue weighted by Gasteiger charge is -2.29. The van der Waals surface area contributed by atoms with Gasteiger partial charge in [0, 0.05) is 30.6 Å². The van der Waals surface area contributed by atoms with E-state index in [9.17, 15) is 14.7 Å². The van der Waals surface area contributed by atoms with Crippen LogP contribution in [-0.2, 0) is 4.79 Å². The third kappa shape index (κ3) is 3.53. The molecule has 3 rings (SSSR count). The summed E-state index contributed by atoms with van der Waals surface area (Å²) < 4.78 is 10.7. The van der Waals surface area contributed by atoms with Crippen molar-refractivity contribution in [1.29, 1.82) is 0 Å². The fourth-order valence-corrected chi connectivity index (χ4v) is 2.75. The zero-order valence-corrected chi connectivity index (χ0v) is 12.9. The van der Waals surface area contributed by atoms with Gasteiger partial charge in [-0.25, -0.2) is 4.79 Å². The van der Waals surface area contributed by atoms with E-state index >= 15 is 0 Å². The highest BCUT2D eigenvalue weighted by molar-refractivity contribution is 5.81. The van der Waals surface area contributed by atoms with Crippen molar-refractivity contribution in [2.45, 2.75) is 25.9 Å². The van der Waals surface area contributed by atoms with E-state index in [1.807, 2.05) is 13.0 Å². The molecule has 1 saturated heterocycles. The van der Waals surface area contributed by atoms with Crippen LogP contribution >= 0.6 is 0 Å². The van der Waals surface area contributed by atoms with Crippen LogP contribution in [0.15, 0.2) is 33.5 Å². The van der Waals surface area contributed by atoms with Gasteiger partial charge in [-0.3, -0.25) is 4.79 Å². The fourth-order valence-electron chi connectivity index (χ4n) is 2.75. The third-order valence-corrected chi connectivity index (χ3v) is 4.10. The Kier molecular flexibility index (Phi) is 4.34. The first-order chi connectivity index (χ1) is 11.0. The molecule has 2 aromatic rings. The highest BCUT2D eigenvalue weighted by Crippen LogP contribution is 2.22. The van der Waals surface area contributed by atoms with Crippen molar-refractivity contribution in [3.63, 3.8) is 0 Å². The number of benzene rings is 1. The Morgan fingerprint density at radius 1 is 1.35 bits per heavy atom. The van der Waals surface area contributed by atoms with Gasteiger partial charge in [-0.1, -0.05) is 0 Å². The number of aliphatic hydroxyl groups is 1. The number of nitrogens with zero attached hydrogens (tertiary/aromatic N) is 1. The molecule has 0 aliphatic carbocycles. The van der Waals surface area contributed by atoms with Crippen LogP contribution in [0.1, 0.15) is 18.4 Å². The lowest BCUT2D eigenvalue weighted by Crippen LogP contribution is -2.42. The summed E-state index contributed by atoms with van der Waals surface area (Å²) in [7, 11) is 0. The van der Waals surface area contributed by atoms with E-state index in [1.54, 1.807) is 17.0 Å². The lowest BCUT2D eigenvalue weighted by atomic mass is 10.1. The molecule has 1 aromatic carbocycles. The topological polar surface area (TPSA) is 80.0 Å². The van der Waals surface area contributed by atoms with Gasteiger partial charge in [-0.15, -0.1) is 0 Å². The average Bonchev–Trinajstić information content (AvgIpc) is 2.52. The maximum atomic E-state index is 12.1. The van der Waals surface area contributed by atoms with Gasteiger partial charge in [0.05, 0.1) is 6.10 Å². The van der Waals surface area contributed by atoms with Crippen molar-refractivity contribution in [3.05, 3.63) is 40.2 Å². The lowest BCUT2D eigenvalue weighted by molar-refractivity contribution is -0.135. The number of hydrogen-bond acceptors (Lipinski definition) is 5. The first-order valence-electron chi connectivity index (χ1n) is 7.66. The van der Waals surface area contributed by atoms with Crippen molar-refractivity contribution in [3.8, 4) is 5.75 Å². The Morgan fingerprint density at radius 3 is 2.83 bits per heavy atom. The molecule has 6 nitrogen and oxygen atoms in total. The molecule has 0 spiro atoms. The average molecular weight is 317 g/mol. The van der Waals surface area contributed by atoms with E-state index in [1.165, 1.54) is 6.07 Å². The zero-order chi connectivity index (χ0) is 16.4. The number of rotatable bonds is 3. The number of aryl methyl sites for hydroxylation is 1. The number of amides is 1. The van der Waals surface area contributed by atoms with E-state index in [0.29, 0.717) is 37.3 Å². The second kappa shape index (κ2) is 6.42. The summed E-state index contributed by atoms with van der Waals surface area (Å²) in [6.45, 7) is 2.87. The minimum atomic E-state index is -0.407. The van der Waals surface area contributed by atoms with Gasteiger partial charge < -0.3 is 19.2 Å². The van der Waals surface area contributed by atoms with E-state index in [-0.39, 0.29) is 18.6 Å². The van der Waals surface area contributed by atoms with Crippen LogP contribution in [0, 0.1) is 6.92 Å². The van der Waals surface area contributed by atoms with Gasteiger partial charge in [0.1, 0.15) is 11.3 Å². The summed E-state index contributed by atoms with van der Waals surface area (Å²) in [6, 6.07) is 6.63. The van der Waals surface area contributed by atoms with Gasteiger partial charge in [0.2, 0.25) is 0 Å².